The Morgan fingerprint density at radius 3 is 2.41 bits per heavy atom. The van der Waals surface area contributed by atoms with Crippen LogP contribution in [0.4, 0.5) is 18.9 Å². The number of aliphatic carboxylic acids is 1. The summed E-state index contributed by atoms with van der Waals surface area (Å²) in [5.74, 6) is -1.54. The normalized spacial score (nSPS) is 17.8. The Bertz CT molecular complexity index is 922. The van der Waals surface area contributed by atoms with Gasteiger partial charge in [0.15, 0.2) is 0 Å². The van der Waals surface area contributed by atoms with Gasteiger partial charge in [0.1, 0.15) is 5.76 Å². The van der Waals surface area contributed by atoms with Crippen molar-refractivity contribution in [3.8, 4) is 0 Å². The number of hydrogen-bond donors (Lipinski definition) is 1. The Morgan fingerprint density at radius 1 is 1.19 bits per heavy atom. The molecular weight excluding hydrogens is 429 g/mol. The number of rotatable bonds is 5. The molecule has 2 aliphatic rings. The zero-order valence-electron chi connectivity index (χ0n) is 17.6. The van der Waals surface area contributed by atoms with Crippen molar-refractivity contribution in [1.82, 2.24) is 4.90 Å². The van der Waals surface area contributed by atoms with Crippen molar-refractivity contribution in [3.63, 3.8) is 0 Å². The number of benzene rings is 1. The van der Waals surface area contributed by atoms with Crippen LogP contribution in [0.15, 0.2) is 47.1 Å². The minimum atomic E-state index is -5.08. The van der Waals surface area contributed by atoms with E-state index in [4.69, 9.17) is 19.1 Å². The molecule has 0 unspecified atom stereocenters. The molecule has 1 amide bonds. The third-order valence-electron chi connectivity index (χ3n) is 5.80. The van der Waals surface area contributed by atoms with Crippen LogP contribution in [-0.2, 0) is 26.3 Å². The first-order valence-electron chi connectivity index (χ1n) is 10.1. The number of piperidine rings is 1. The van der Waals surface area contributed by atoms with Crippen molar-refractivity contribution in [1.29, 1.82) is 0 Å². The van der Waals surface area contributed by atoms with Gasteiger partial charge in [0.2, 0.25) is 5.91 Å². The van der Waals surface area contributed by atoms with Crippen molar-refractivity contribution in [3.05, 3.63) is 54.0 Å². The van der Waals surface area contributed by atoms with Crippen molar-refractivity contribution < 1.29 is 37.0 Å². The number of halogens is 3. The number of alkyl halides is 3. The van der Waals surface area contributed by atoms with Crippen molar-refractivity contribution in [2.24, 2.45) is 0 Å². The molecule has 0 radical (unpaired) electrons. The highest BCUT2D eigenvalue weighted by Crippen LogP contribution is 2.47. The van der Waals surface area contributed by atoms with Crippen molar-refractivity contribution >= 4 is 17.6 Å². The van der Waals surface area contributed by atoms with Crippen LogP contribution in [0.25, 0.3) is 0 Å². The Hall–Kier alpha value is -2.85. The molecule has 2 aromatic rings. The quantitative estimate of drug-likeness (QED) is 0.745. The highest BCUT2D eigenvalue weighted by molar-refractivity contribution is 6.08. The first kappa shape index (κ1) is 23.8. The molecule has 10 heteroatoms. The second-order valence-corrected chi connectivity index (χ2v) is 7.71. The van der Waals surface area contributed by atoms with Gasteiger partial charge in [-0.05, 0) is 49.7 Å². The number of carboxylic acids is 1. The monoisotopic (exact) mass is 454 g/mol. The fourth-order valence-corrected chi connectivity index (χ4v) is 4.20. The van der Waals surface area contributed by atoms with E-state index in [0.29, 0.717) is 13.2 Å². The molecule has 2 aliphatic heterocycles. The number of anilines is 1. The summed E-state index contributed by atoms with van der Waals surface area (Å²) in [5.41, 5.74) is 1.88. The minimum Gasteiger partial charge on any atom is -0.475 e. The average molecular weight is 454 g/mol. The Kier molecular flexibility index (Phi) is 7.25. The number of furan rings is 1. The van der Waals surface area contributed by atoms with Crippen LogP contribution in [-0.4, -0.2) is 61.4 Å². The molecule has 0 bridgehead atoms. The number of fused-ring (bicyclic) bond motifs is 2. The Labute approximate surface area is 183 Å². The van der Waals surface area contributed by atoms with Crippen LogP contribution < -0.4 is 4.90 Å². The summed E-state index contributed by atoms with van der Waals surface area (Å²) < 4.78 is 42.4. The Balaban J connectivity index is 0.000000360. The average Bonchev–Trinajstić information content (AvgIpc) is 3.34. The second kappa shape index (κ2) is 9.74. The number of carboxylic acid groups (broad SMARTS) is 1. The summed E-state index contributed by atoms with van der Waals surface area (Å²) in [6, 6.07) is 12.2. The molecule has 4 rings (SSSR count). The number of amides is 1. The van der Waals surface area contributed by atoms with E-state index in [1.807, 2.05) is 29.2 Å². The molecule has 1 N–H and O–H groups in total. The van der Waals surface area contributed by atoms with Gasteiger partial charge in [-0.2, -0.15) is 13.2 Å². The summed E-state index contributed by atoms with van der Waals surface area (Å²) >= 11 is 0. The summed E-state index contributed by atoms with van der Waals surface area (Å²) in [6.45, 7) is 3.79. The summed E-state index contributed by atoms with van der Waals surface area (Å²) in [4.78, 5) is 26.5. The predicted molar refractivity (Wildman–Crippen MR) is 109 cm³/mol. The smallest absolute Gasteiger partial charge is 0.475 e. The molecule has 1 aromatic heterocycles. The van der Waals surface area contributed by atoms with Crippen LogP contribution >= 0.6 is 0 Å². The van der Waals surface area contributed by atoms with Gasteiger partial charge in [-0.3, -0.25) is 9.69 Å². The van der Waals surface area contributed by atoms with E-state index in [0.717, 1.165) is 43.9 Å². The van der Waals surface area contributed by atoms with Gasteiger partial charge >= 0.3 is 12.1 Å². The molecule has 1 spiro atoms. The van der Waals surface area contributed by atoms with E-state index in [2.05, 4.69) is 17.0 Å². The maximum Gasteiger partial charge on any atom is 0.490 e. The van der Waals surface area contributed by atoms with Gasteiger partial charge in [0, 0.05) is 19.3 Å². The summed E-state index contributed by atoms with van der Waals surface area (Å²) in [7, 11) is 1.68. The number of para-hydroxylation sites is 1. The standard InChI is InChI=1S/C20H24N2O3.C2HF3O2/c1-24-14-12-22-18-7-3-2-6-17(18)20(19(22)23)8-10-21(11-9-20)15-16-5-4-13-25-16;3-2(4,5)1(6)7/h2-7,13H,8-12,14-15H2,1H3;(H,6,7). The predicted octanol–water partition coefficient (Wildman–Crippen LogP) is 3.44. The topological polar surface area (TPSA) is 83.2 Å². The first-order valence-corrected chi connectivity index (χ1v) is 10.1. The Morgan fingerprint density at radius 2 is 1.84 bits per heavy atom. The molecule has 0 saturated carbocycles. The summed E-state index contributed by atoms with van der Waals surface area (Å²) in [6.07, 6.45) is -1.66. The highest BCUT2D eigenvalue weighted by Gasteiger charge is 2.51. The number of methoxy groups -OCH3 is 1. The molecule has 1 saturated heterocycles. The zero-order chi connectivity index (χ0) is 23.4. The van der Waals surface area contributed by atoms with Crippen molar-refractivity contribution in [2.45, 2.75) is 31.0 Å². The molecule has 32 heavy (non-hydrogen) atoms. The third-order valence-corrected chi connectivity index (χ3v) is 5.80. The lowest BCUT2D eigenvalue weighted by Gasteiger charge is -2.38. The van der Waals surface area contributed by atoms with Gasteiger partial charge in [-0.1, -0.05) is 18.2 Å². The number of carbonyl (C=O) groups excluding carboxylic acids is 1. The molecule has 1 fully saturated rings. The molecule has 7 nitrogen and oxygen atoms in total. The second-order valence-electron chi connectivity index (χ2n) is 7.71. The fourth-order valence-electron chi connectivity index (χ4n) is 4.20. The van der Waals surface area contributed by atoms with E-state index in [9.17, 15) is 18.0 Å². The lowest BCUT2D eigenvalue weighted by molar-refractivity contribution is -0.192. The van der Waals surface area contributed by atoms with E-state index in [1.165, 1.54) is 5.56 Å². The van der Waals surface area contributed by atoms with Gasteiger partial charge in [-0.15, -0.1) is 0 Å². The highest BCUT2D eigenvalue weighted by atomic mass is 19.4. The van der Waals surface area contributed by atoms with E-state index >= 15 is 0 Å². The number of nitrogens with zero attached hydrogens (tertiary/aromatic N) is 2. The SMILES string of the molecule is COCCN1C(=O)C2(CCN(Cc3ccco3)CC2)c2ccccc21.O=C(O)C(F)(F)F. The zero-order valence-corrected chi connectivity index (χ0v) is 17.6. The molecule has 0 atom stereocenters. The lowest BCUT2D eigenvalue weighted by atomic mass is 9.73. The van der Waals surface area contributed by atoms with Gasteiger partial charge < -0.3 is 19.2 Å². The van der Waals surface area contributed by atoms with Gasteiger partial charge in [0.25, 0.3) is 0 Å². The maximum absolute atomic E-state index is 13.3. The maximum atomic E-state index is 13.3. The fraction of sp³-hybridized carbons (Fsp3) is 0.455. The van der Waals surface area contributed by atoms with E-state index in [1.54, 1.807) is 13.4 Å². The number of carbonyl (C=O) groups is 2. The summed E-state index contributed by atoms with van der Waals surface area (Å²) in [5, 5.41) is 7.12. The number of hydrogen-bond acceptors (Lipinski definition) is 5. The third kappa shape index (κ3) is 4.97. The van der Waals surface area contributed by atoms with Crippen molar-refractivity contribution in [2.75, 3.05) is 38.3 Å². The van der Waals surface area contributed by atoms with Crippen LogP contribution in [0.1, 0.15) is 24.2 Å². The number of likely N-dealkylation sites (tertiary alicyclic amines) is 1. The van der Waals surface area contributed by atoms with E-state index < -0.39 is 12.1 Å². The lowest BCUT2D eigenvalue weighted by Crippen LogP contribution is -2.48. The van der Waals surface area contributed by atoms with Crippen LogP contribution in [0.3, 0.4) is 0 Å². The number of ether oxygens (including phenoxy) is 1. The molecule has 3 heterocycles. The molecule has 0 aliphatic carbocycles. The molecule has 174 valence electrons. The van der Waals surface area contributed by atoms with Crippen LogP contribution in [0, 0.1) is 0 Å². The van der Waals surface area contributed by atoms with Crippen LogP contribution in [0.5, 0.6) is 0 Å². The molecule has 1 aromatic carbocycles. The van der Waals surface area contributed by atoms with Gasteiger partial charge in [-0.25, -0.2) is 4.79 Å². The minimum absolute atomic E-state index is 0.239. The van der Waals surface area contributed by atoms with Crippen LogP contribution in [0.2, 0.25) is 0 Å². The molecular formula is C22H25F3N2O5. The van der Waals surface area contributed by atoms with E-state index in [-0.39, 0.29) is 11.3 Å². The first-order chi connectivity index (χ1) is 15.2. The largest absolute Gasteiger partial charge is 0.490 e. The van der Waals surface area contributed by atoms with Gasteiger partial charge in [0.05, 0.1) is 24.8 Å².